The van der Waals surface area contributed by atoms with Gasteiger partial charge < -0.3 is 4.74 Å². The number of nitrogens with zero attached hydrogens (tertiary/aromatic N) is 1. The molecule has 3 fully saturated rings. The van der Waals surface area contributed by atoms with Gasteiger partial charge in [0.1, 0.15) is 5.75 Å². The van der Waals surface area contributed by atoms with Gasteiger partial charge in [0, 0.05) is 0 Å². The van der Waals surface area contributed by atoms with Crippen LogP contribution in [0, 0.1) is 35.5 Å². The number of hydrogen-bond acceptors (Lipinski definition) is 4. The molecule has 2 saturated carbocycles. The van der Waals surface area contributed by atoms with Crippen LogP contribution >= 0.6 is 0 Å². The molecule has 2 bridgehead atoms. The maximum Gasteiger partial charge on any atom is 0.240 e. The SMILES string of the molecule is COc1ccc(CC(=O)N2C(=O)[C@@H]3[C@H]4C=C[C@@H]([C@@H]5C[C@H]45)[C@@H]3C2=O)cc1. The zero-order valence-corrected chi connectivity index (χ0v) is 13.9. The summed E-state index contributed by atoms with van der Waals surface area (Å²) in [5.41, 5.74) is 0.769. The second-order valence-corrected chi connectivity index (χ2v) is 7.59. The fourth-order valence-electron chi connectivity index (χ4n) is 5.20. The van der Waals surface area contributed by atoms with Crippen LogP contribution in [0.2, 0.25) is 0 Å². The molecule has 0 unspecified atom stereocenters. The first-order chi connectivity index (χ1) is 12.1. The topological polar surface area (TPSA) is 63.7 Å². The summed E-state index contributed by atoms with van der Waals surface area (Å²) in [7, 11) is 1.58. The number of rotatable bonds is 3. The van der Waals surface area contributed by atoms with E-state index < -0.39 is 5.91 Å². The van der Waals surface area contributed by atoms with Gasteiger partial charge in [-0.2, -0.15) is 0 Å². The van der Waals surface area contributed by atoms with E-state index in [1.807, 2.05) is 0 Å². The van der Waals surface area contributed by atoms with Crippen molar-refractivity contribution >= 4 is 17.7 Å². The monoisotopic (exact) mass is 337 g/mol. The van der Waals surface area contributed by atoms with Crippen LogP contribution in [0.25, 0.3) is 0 Å². The summed E-state index contributed by atoms with van der Waals surface area (Å²) in [6.07, 6.45) is 5.40. The van der Waals surface area contributed by atoms with Crippen molar-refractivity contribution in [2.45, 2.75) is 12.8 Å². The summed E-state index contributed by atoms with van der Waals surface area (Å²) in [6.45, 7) is 0. The van der Waals surface area contributed by atoms with Crippen LogP contribution in [-0.4, -0.2) is 29.7 Å². The average molecular weight is 337 g/mol. The van der Waals surface area contributed by atoms with Crippen molar-refractivity contribution in [3.8, 4) is 5.75 Å². The summed E-state index contributed by atoms with van der Waals surface area (Å²) < 4.78 is 5.11. The Balaban J connectivity index is 1.38. The Labute approximate surface area is 145 Å². The summed E-state index contributed by atoms with van der Waals surface area (Å²) in [6, 6.07) is 7.12. The molecular formula is C20H19NO4. The van der Waals surface area contributed by atoms with Gasteiger partial charge in [-0.15, -0.1) is 0 Å². The number of allylic oxidation sites excluding steroid dienone is 2. The molecule has 5 heteroatoms. The highest BCUT2D eigenvalue weighted by atomic mass is 16.5. The molecule has 1 aromatic rings. The molecule has 1 aromatic carbocycles. The zero-order chi connectivity index (χ0) is 17.3. The molecule has 6 atom stereocenters. The van der Waals surface area contributed by atoms with Gasteiger partial charge in [0.25, 0.3) is 0 Å². The van der Waals surface area contributed by atoms with Crippen LogP contribution in [-0.2, 0) is 20.8 Å². The largest absolute Gasteiger partial charge is 0.497 e. The number of amides is 3. The second kappa shape index (κ2) is 5.04. The number of ether oxygens (including phenoxy) is 1. The maximum atomic E-state index is 12.9. The van der Waals surface area contributed by atoms with E-state index in [1.165, 1.54) is 0 Å². The molecule has 5 nitrogen and oxygen atoms in total. The third-order valence-electron chi connectivity index (χ3n) is 6.43. The number of likely N-dealkylation sites (tertiary alicyclic amines) is 1. The summed E-state index contributed by atoms with van der Waals surface area (Å²) in [4.78, 5) is 39.4. The number of imide groups is 3. The smallest absolute Gasteiger partial charge is 0.240 e. The molecule has 3 amide bonds. The minimum Gasteiger partial charge on any atom is -0.497 e. The molecule has 0 spiro atoms. The van der Waals surface area contributed by atoms with Crippen LogP contribution in [0.5, 0.6) is 5.75 Å². The number of carbonyl (C=O) groups is 3. The predicted octanol–water partition coefficient (Wildman–Crippen LogP) is 1.82. The van der Waals surface area contributed by atoms with Crippen molar-refractivity contribution in [2.75, 3.05) is 7.11 Å². The van der Waals surface area contributed by atoms with Gasteiger partial charge in [-0.05, 0) is 47.8 Å². The predicted molar refractivity (Wildman–Crippen MR) is 88.3 cm³/mol. The first-order valence-electron chi connectivity index (χ1n) is 8.82. The standard InChI is InChI=1S/C20H19NO4/c1-25-11-4-2-10(3-5-11)8-16(22)21-19(23)17-12-6-7-13(15-9-14(12)15)18(17)20(21)24/h2-7,12-15,17-18H,8-9H2,1H3/t12-,13-,14-,15+,17-,18+/m0/s1. The van der Waals surface area contributed by atoms with E-state index in [4.69, 9.17) is 4.74 Å². The quantitative estimate of drug-likeness (QED) is 0.623. The molecule has 128 valence electrons. The molecule has 1 saturated heterocycles. The highest BCUT2D eigenvalue weighted by molar-refractivity contribution is 6.18. The van der Waals surface area contributed by atoms with Crippen molar-refractivity contribution in [1.82, 2.24) is 4.90 Å². The Hall–Kier alpha value is -2.43. The Bertz CT molecular complexity index is 775. The van der Waals surface area contributed by atoms with E-state index in [9.17, 15) is 14.4 Å². The van der Waals surface area contributed by atoms with Crippen LogP contribution in [0.4, 0.5) is 0 Å². The molecule has 1 heterocycles. The summed E-state index contributed by atoms with van der Waals surface area (Å²) >= 11 is 0. The van der Waals surface area contributed by atoms with E-state index in [2.05, 4.69) is 12.2 Å². The second-order valence-electron chi connectivity index (χ2n) is 7.59. The fraction of sp³-hybridized carbons (Fsp3) is 0.450. The summed E-state index contributed by atoms with van der Waals surface area (Å²) in [5.74, 6) is 0.494. The van der Waals surface area contributed by atoms with Gasteiger partial charge >= 0.3 is 0 Å². The minimum absolute atomic E-state index is 0.0521. The summed E-state index contributed by atoms with van der Waals surface area (Å²) in [5, 5.41) is 0. The first-order valence-corrected chi connectivity index (χ1v) is 8.82. The van der Waals surface area contributed by atoms with Crippen molar-refractivity contribution in [1.29, 1.82) is 0 Å². The van der Waals surface area contributed by atoms with Gasteiger partial charge in [-0.1, -0.05) is 24.3 Å². The fourth-order valence-corrected chi connectivity index (χ4v) is 5.20. The van der Waals surface area contributed by atoms with Crippen molar-refractivity contribution in [3.63, 3.8) is 0 Å². The number of methoxy groups -OCH3 is 1. The minimum atomic E-state index is -0.414. The van der Waals surface area contributed by atoms with E-state index in [0.717, 1.165) is 16.9 Å². The van der Waals surface area contributed by atoms with Gasteiger partial charge in [-0.3, -0.25) is 14.4 Å². The number of carbonyl (C=O) groups excluding carboxylic acids is 3. The van der Waals surface area contributed by atoms with Crippen LogP contribution in [0.15, 0.2) is 36.4 Å². The third-order valence-corrected chi connectivity index (χ3v) is 6.43. The molecule has 0 N–H and O–H groups in total. The lowest BCUT2D eigenvalue weighted by Gasteiger charge is -2.37. The van der Waals surface area contributed by atoms with E-state index in [1.54, 1.807) is 31.4 Å². The molecule has 1 aliphatic heterocycles. The molecule has 0 aromatic heterocycles. The first kappa shape index (κ1) is 14.9. The van der Waals surface area contributed by atoms with Crippen molar-refractivity contribution in [3.05, 3.63) is 42.0 Å². The molecule has 5 aliphatic rings. The van der Waals surface area contributed by atoms with Gasteiger partial charge in [-0.25, -0.2) is 4.90 Å². The van der Waals surface area contributed by atoms with Gasteiger partial charge in [0.05, 0.1) is 25.4 Å². The van der Waals surface area contributed by atoms with Gasteiger partial charge in [0.2, 0.25) is 17.7 Å². The van der Waals surface area contributed by atoms with Crippen molar-refractivity contribution in [2.24, 2.45) is 35.5 Å². The van der Waals surface area contributed by atoms with Crippen LogP contribution in [0.3, 0.4) is 0 Å². The molecule has 25 heavy (non-hydrogen) atoms. The van der Waals surface area contributed by atoms with Crippen LogP contribution < -0.4 is 4.74 Å². The normalized spacial score (nSPS) is 37.1. The highest BCUT2D eigenvalue weighted by Crippen LogP contribution is 2.65. The lowest BCUT2D eigenvalue weighted by atomic mass is 9.63. The Morgan fingerprint density at radius 3 is 2.12 bits per heavy atom. The highest BCUT2D eigenvalue weighted by Gasteiger charge is 2.67. The van der Waals surface area contributed by atoms with E-state index >= 15 is 0 Å². The van der Waals surface area contributed by atoms with Crippen LogP contribution in [0.1, 0.15) is 12.0 Å². The molecule has 6 rings (SSSR count). The van der Waals surface area contributed by atoms with Crippen molar-refractivity contribution < 1.29 is 19.1 Å². The number of hydrogen-bond donors (Lipinski definition) is 0. The number of benzene rings is 1. The van der Waals surface area contributed by atoms with Gasteiger partial charge in [0.15, 0.2) is 0 Å². The Kier molecular flexibility index (Phi) is 3.00. The Morgan fingerprint density at radius 2 is 1.60 bits per heavy atom. The molecule has 0 radical (unpaired) electrons. The average Bonchev–Trinajstić information content (AvgIpc) is 3.39. The lowest BCUT2D eigenvalue weighted by Crippen LogP contribution is -2.40. The van der Waals surface area contributed by atoms with E-state index in [0.29, 0.717) is 17.6 Å². The molecule has 4 aliphatic carbocycles. The molecular weight excluding hydrogens is 318 g/mol. The maximum absolute atomic E-state index is 12.9. The Morgan fingerprint density at radius 1 is 1.04 bits per heavy atom. The van der Waals surface area contributed by atoms with E-state index in [-0.39, 0.29) is 41.9 Å². The zero-order valence-electron chi connectivity index (χ0n) is 13.9. The third kappa shape index (κ3) is 1.98. The lowest BCUT2D eigenvalue weighted by molar-refractivity contribution is -0.150.